The molecule has 0 radical (unpaired) electrons. The first kappa shape index (κ1) is 14.1. The van der Waals surface area contributed by atoms with Crippen LogP contribution in [0.25, 0.3) is 0 Å². The highest BCUT2D eigenvalue weighted by atomic mass is 16.1. The summed E-state index contributed by atoms with van der Waals surface area (Å²) >= 11 is 0. The number of carbonyl (C=O) groups is 1. The van der Waals surface area contributed by atoms with Crippen LogP contribution in [0.15, 0.2) is 48.5 Å². The average Bonchev–Trinajstić information content (AvgIpc) is 2.39. The van der Waals surface area contributed by atoms with E-state index in [4.69, 9.17) is 5.73 Å². The molecule has 0 saturated heterocycles. The van der Waals surface area contributed by atoms with Crippen LogP contribution in [0.5, 0.6) is 0 Å². The van der Waals surface area contributed by atoms with E-state index < -0.39 is 0 Å². The SMILES string of the molecule is Cc1cccc(NC(=O)CC(C)c2ccc(N)cc2)c1. The van der Waals surface area contributed by atoms with Crippen LogP contribution >= 0.6 is 0 Å². The number of hydrogen-bond acceptors (Lipinski definition) is 2. The molecule has 104 valence electrons. The van der Waals surface area contributed by atoms with Gasteiger partial charge in [-0.3, -0.25) is 4.79 Å². The second kappa shape index (κ2) is 6.24. The van der Waals surface area contributed by atoms with Crippen molar-refractivity contribution in [1.82, 2.24) is 0 Å². The maximum absolute atomic E-state index is 12.0. The minimum atomic E-state index is 0.0277. The van der Waals surface area contributed by atoms with Gasteiger partial charge in [0.25, 0.3) is 0 Å². The number of benzene rings is 2. The predicted molar refractivity (Wildman–Crippen MR) is 83.7 cm³/mol. The summed E-state index contributed by atoms with van der Waals surface area (Å²) in [7, 11) is 0. The third kappa shape index (κ3) is 3.85. The zero-order valence-electron chi connectivity index (χ0n) is 11.9. The van der Waals surface area contributed by atoms with Crippen molar-refractivity contribution < 1.29 is 4.79 Å². The fourth-order valence-electron chi connectivity index (χ4n) is 2.16. The number of nitrogens with one attached hydrogen (secondary N) is 1. The summed E-state index contributed by atoms with van der Waals surface area (Å²) in [4.78, 5) is 12.0. The molecule has 3 nitrogen and oxygen atoms in total. The van der Waals surface area contributed by atoms with Crippen LogP contribution < -0.4 is 11.1 Å². The number of carbonyl (C=O) groups excluding carboxylic acids is 1. The zero-order valence-corrected chi connectivity index (χ0v) is 11.9. The highest BCUT2D eigenvalue weighted by Crippen LogP contribution is 2.21. The molecule has 3 N–H and O–H groups in total. The van der Waals surface area contributed by atoms with E-state index in [0.717, 1.165) is 22.5 Å². The van der Waals surface area contributed by atoms with Gasteiger partial charge in [0, 0.05) is 17.8 Å². The van der Waals surface area contributed by atoms with E-state index in [1.165, 1.54) is 0 Å². The van der Waals surface area contributed by atoms with Gasteiger partial charge in [0.2, 0.25) is 5.91 Å². The van der Waals surface area contributed by atoms with Crippen molar-refractivity contribution in [3.8, 4) is 0 Å². The number of hydrogen-bond donors (Lipinski definition) is 2. The second-order valence-electron chi connectivity index (χ2n) is 5.19. The Hall–Kier alpha value is -2.29. The van der Waals surface area contributed by atoms with E-state index in [9.17, 15) is 4.79 Å². The maximum Gasteiger partial charge on any atom is 0.224 e. The summed E-state index contributed by atoms with van der Waals surface area (Å²) in [6.07, 6.45) is 0.456. The first-order chi connectivity index (χ1) is 9.54. The first-order valence-corrected chi connectivity index (χ1v) is 6.76. The predicted octanol–water partition coefficient (Wildman–Crippen LogP) is 3.71. The number of nitrogens with two attached hydrogens (primary N) is 1. The molecule has 0 fully saturated rings. The number of rotatable bonds is 4. The monoisotopic (exact) mass is 268 g/mol. The van der Waals surface area contributed by atoms with Crippen molar-refractivity contribution in [1.29, 1.82) is 0 Å². The molecule has 2 aromatic rings. The second-order valence-corrected chi connectivity index (χ2v) is 5.19. The topological polar surface area (TPSA) is 55.1 Å². The van der Waals surface area contributed by atoms with Gasteiger partial charge in [-0.15, -0.1) is 0 Å². The number of anilines is 2. The smallest absolute Gasteiger partial charge is 0.224 e. The molecule has 2 aromatic carbocycles. The van der Waals surface area contributed by atoms with Crippen LogP contribution in [0.3, 0.4) is 0 Å². The maximum atomic E-state index is 12.0. The lowest BCUT2D eigenvalue weighted by molar-refractivity contribution is -0.116. The summed E-state index contributed by atoms with van der Waals surface area (Å²) in [6.45, 7) is 4.05. The van der Waals surface area contributed by atoms with Crippen molar-refractivity contribution in [2.45, 2.75) is 26.2 Å². The van der Waals surface area contributed by atoms with Gasteiger partial charge in [0.05, 0.1) is 0 Å². The van der Waals surface area contributed by atoms with Gasteiger partial charge in [-0.1, -0.05) is 31.2 Å². The van der Waals surface area contributed by atoms with Crippen molar-refractivity contribution in [3.63, 3.8) is 0 Å². The van der Waals surface area contributed by atoms with Gasteiger partial charge < -0.3 is 11.1 Å². The Balaban J connectivity index is 1.95. The lowest BCUT2D eigenvalue weighted by atomic mass is 9.97. The third-order valence-electron chi connectivity index (χ3n) is 3.30. The fraction of sp³-hybridized carbons (Fsp3) is 0.235. The third-order valence-corrected chi connectivity index (χ3v) is 3.30. The molecule has 0 aliphatic carbocycles. The van der Waals surface area contributed by atoms with Crippen molar-refractivity contribution in [2.75, 3.05) is 11.1 Å². The first-order valence-electron chi connectivity index (χ1n) is 6.76. The molecule has 20 heavy (non-hydrogen) atoms. The van der Waals surface area contributed by atoms with Crippen LogP contribution in [0.1, 0.15) is 30.4 Å². The van der Waals surface area contributed by atoms with E-state index in [0.29, 0.717) is 6.42 Å². The largest absolute Gasteiger partial charge is 0.399 e. The highest BCUT2D eigenvalue weighted by molar-refractivity contribution is 5.91. The Morgan fingerprint density at radius 3 is 2.55 bits per heavy atom. The van der Waals surface area contributed by atoms with Crippen LogP contribution in [-0.4, -0.2) is 5.91 Å². The van der Waals surface area contributed by atoms with E-state index in [1.54, 1.807) is 0 Å². The van der Waals surface area contributed by atoms with Gasteiger partial charge >= 0.3 is 0 Å². The average molecular weight is 268 g/mol. The van der Waals surface area contributed by atoms with Crippen molar-refractivity contribution in [3.05, 3.63) is 59.7 Å². The van der Waals surface area contributed by atoms with E-state index in [2.05, 4.69) is 5.32 Å². The minimum Gasteiger partial charge on any atom is -0.399 e. The zero-order chi connectivity index (χ0) is 14.5. The Morgan fingerprint density at radius 1 is 1.20 bits per heavy atom. The summed E-state index contributed by atoms with van der Waals surface area (Å²) in [6, 6.07) is 15.5. The quantitative estimate of drug-likeness (QED) is 0.830. The molecule has 1 unspecified atom stereocenters. The van der Waals surface area contributed by atoms with Gasteiger partial charge in [-0.05, 0) is 48.2 Å². The molecule has 0 aliphatic heterocycles. The molecule has 0 saturated carbocycles. The number of aryl methyl sites for hydroxylation is 1. The van der Waals surface area contributed by atoms with Crippen LogP contribution in [0, 0.1) is 6.92 Å². The van der Waals surface area contributed by atoms with Gasteiger partial charge in [0.15, 0.2) is 0 Å². The molecule has 2 rings (SSSR count). The Kier molecular flexibility index (Phi) is 4.41. The molecule has 0 aliphatic rings. The molecule has 0 spiro atoms. The summed E-state index contributed by atoms with van der Waals surface area (Å²) < 4.78 is 0. The fourth-order valence-corrected chi connectivity index (χ4v) is 2.16. The van der Waals surface area contributed by atoms with Crippen LogP contribution in [0.2, 0.25) is 0 Å². The van der Waals surface area contributed by atoms with E-state index in [1.807, 2.05) is 62.4 Å². The summed E-state index contributed by atoms with van der Waals surface area (Å²) in [5.41, 5.74) is 9.51. The van der Waals surface area contributed by atoms with Gasteiger partial charge in [0.1, 0.15) is 0 Å². The molecule has 1 atom stereocenters. The van der Waals surface area contributed by atoms with Gasteiger partial charge in [-0.25, -0.2) is 0 Å². The van der Waals surface area contributed by atoms with Crippen molar-refractivity contribution in [2.24, 2.45) is 0 Å². The molecular weight excluding hydrogens is 248 g/mol. The van der Waals surface area contributed by atoms with Crippen LogP contribution in [-0.2, 0) is 4.79 Å². The highest BCUT2D eigenvalue weighted by Gasteiger charge is 2.11. The summed E-state index contributed by atoms with van der Waals surface area (Å²) in [5.74, 6) is 0.195. The normalized spacial score (nSPS) is 11.9. The lowest BCUT2D eigenvalue weighted by Gasteiger charge is -2.12. The lowest BCUT2D eigenvalue weighted by Crippen LogP contribution is -2.14. The minimum absolute atomic E-state index is 0.0277. The Bertz CT molecular complexity index is 590. The molecule has 1 amide bonds. The molecule has 3 heteroatoms. The summed E-state index contributed by atoms with van der Waals surface area (Å²) in [5, 5.41) is 2.93. The molecule has 0 heterocycles. The number of nitrogen functional groups attached to an aromatic ring is 1. The van der Waals surface area contributed by atoms with Crippen molar-refractivity contribution >= 4 is 17.3 Å². The molecule has 0 aromatic heterocycles. The molecule has 0 bridgehead atoms. The Labute approximate surface area is 119 Å². The standard InChI is InChI=1S/C17H20N2O/c1-12-4-3-5-16(10-12)19-17(20)11-13(2)14-6-8-15(18)9-7-14/h3-10,13H,11,18H2,1-2H3,(H,19,20). The van der Waals surface area contributed by atoms with E-state index in [-0.39, 0.29) is 11.8 Å². The number of amides is 1. The van der Waals surface area contributed by atoms with Crippen LogP contribution in [0.4, 0.5) is 11.4 Å². The van der Waals surface area contributed by atoms with E-state index >= 15 is 0 Å². The Morgan fingerprint density at radius 2 is 1.90 bits per heavy atom. The molecular formula is C17H20N2O. The van der Waals surface area contributed by atoms with Gasteiger partial charge in [-0.2, -0.15) is 0 Å².